The number of likely N-dealkylation sites (tertiary alicyclic amines) is 1. The monoisotopic (exact) mass is 324 g/mol. The van der Waals surface area contributed by atoms with Gasteiger partial charge in [0, 0.05) is 45.8 Å². The van der Waals surface area contributed by atoms with Gasteiger partial charge in [0.1, 0.15) is 0 Å². The van der Waals surface area contributed by atoms with E-state index < -0.39 is 0 Å². The summed E-state index contributed by atoms with van der Waals surface area (Å²) in [4.78, 5) is 9.53. The summed E-state index contributed by atoms with van der Waals surface area (Å²) in [7, 11) is 1.91. The van der Waals surface area contributed by atoms with Crippen molar-refractivity contribution in [2.24, 2.45) is 16.8 Å². The van der Waals surface area contributed by atoms with E-state index in [2.05, 4.69) is 40.9 Å². The third kappa shape index (κ3) is 5.96. The van der Waals surface area contributed by atoms with Gasteiger partial charge in [-0.05, 0) is 31.1 Å². The van der Waals surface area contributed by atoms with Gasteiger partial charge in [0.25, 0.3) is 0 Å². The second-order valence-electron chi connectivity index (χ2n) is 7.53. The van der Waals surface area contributed by atoms with E-state index in [1.54, 1.807) is 0 Å². The molecule has 1 atom stereocenters. The summed E-state index contributed by atoms with van der Waals surface area (Å²) < 4.78 is 5.51. The van der Waals surface area contributed by atoms with Gasteiger partial charge in [0.05, 0.1) is 13.2 Å². The molecule has 5 nitrogen and oxygen atoms in total. The molecule has 2 aliphatic rings. The van der Waals surface area contributed by atoms with Crippen LogP contribution in [0, 0.1) is 11.8 Å². The van der Waals surface area contributed by atoms with E-state index in [0.717, 1.165) is 57.8 Å². The number of hydrogen-bond acceptors (Lipinski definition) is 3. The first-order valence-corrected chi connectivity index (χ1v) is 9.37. The molecule has 0 bridgehead atoms. The van der Waals surface area contributed by atoms with Crippen molar-refractivity contribution in [1.29, 1.82) is 0 Å². The highest BCUT2D eigenvalue weighted by molar-refractivity contribution is 5.80. The molecule has 2 fully saturated rings. The Bertz CT molecular complexity index is 358. The second-order valence-corrected chi connectivity index (χ2v) is 7.53. The molecule has 0 aromatic rings. The summed E-state index contributed by atoms with van der Waals surface area (Å²) in [5.74, 6) is 2.65. The van der Waals surface area contributed by atoms with Crippen molar-refractivity contribution < 1.29 is 4.74 Å². The van der Waals surface area contributed by atoms with Crippen molar-refractivity contribution in [2.45, 2.75) is 46.1 Å². The van der Waals surface area contributed by atoms with E-state index in [-0.39, 0.29) is 0 Å². The van der Waals surface area contributed by atoms with Gasteiger partial charge in [-0.1, -0.05) is 20.8 Å². The van der Waals surface area contributed by atoms with Gasteiger partial charge < -0.3 is 15.0 Å². The van der Waals surface area contributed by atoms with Gasteiger partial charge in [0.15, 0.2) is 5.96 Å². The molecule has 2 heterocycles. The summed E-state index contributed by atoms with van der Waals surface area (Å²) in [5, 5.41) is 3.65. The molecule has 0 aliphatic carbocycles. The highest BCUT2D eigenvalue weighted by Gasteiger charge is 2.24. The van der Waals surface area contributed by atoms with E-state index in [1.165, 1.54) is 19.3 Å². The van der Waals surface area contributed by atoms with Crippen molar-refractivity contribution >= 4 is 5.96 Å². The first-order chi connectivity index (χ1) is 11.1. The summed E-state index contributed by atoms with van der Waals surface area (Å²) in [6.45, 7) is 14.1. The van der Waals surface area contributed by atoms with Crippen molar-refractivity contribution in [3.63, 3.8) is 0 Å². The Kier molecular flexibility index (Phi) is 7.63. The predicted octanol–water partition coefficient (Wildman–Crippen LogP) is 2.04. The zero-order valence-corrected chi connectivity index (χ0v) is 15.6. The molecule has 1 unspecified atom stereocenters. The minimum Gasteiger partial charge on any atom is -0.379 e. The number of ether oxygens (including phenoxy) is 1. The third-order valence-corrected chi connectivity index (χ3v) is 5.10. The quantitative estimate of drug-likeness (QED) is 0.621. The lowest BCUT2D eigenvalue weighted by molar-refractivity contribution is 0.0131. The van der Waals surface area contributed by atoms with Crippen molar-refractivity contribution in [2.75, 3.05) is 53.0 Å². The molecule has 0 spiro atoms. The van der Waals surface area contributed by atoms with Crippen LogP contribution in [0.15, 0.2) is 4.99 Å². The van der Waals surface area contributed by atoms with E-state index in [9.17, 15) is 0 Å². The van der Waals surface area contributed by atoms with Crippen LogP contribution in [0.25, 0.3) is 0 Å². The van der Waals surface area contributed by atoms with Crippen molar-refractivity contribution in [1.82, 2.24) is 15.1 Å². The van der Waals surface area contributed by atoms with Gasteiger partial charge in [-0.2, -0.15) is 0 Å². The molecule has 0 saturated carbocycles. The average Bonchev–Trinajstić information content (AvgIpc) is 2.56. The first kappa shape index (κ1) is 18.5. The van der Waals surface area contributed by atoms with Crippen molar-refractivity contribution in [3.8, 4) is 0 Å². The van der Waals surface area contributed by atoms with E-state index >= 15 is 0 Å². The summed E-state index contributed by atoms with van der Waals surface area (Å²) >= 11 is 0. The largest absolute Gasteiger partial charge is 0.379 e. The SMILES string of the molecule is CN=C(NCC(CC(C)C)N1CCOCC1)N1CCC(C)CC1. The predicted molar refractivity (Wildman–Crippen MR) is 97.0 cm³/mol. The molecular formula is C18H36N4O. The first-order valence-electron chi connectivity index (χ1n) is 9.37. The van der Waals surface area contributed by atoms with Crippen LogP contribution < -0.4 is 5.32 Å². The summed E-state index contributed by atoms with van der Waals surface area (Å²) in [6.07, 6.45) is 3.78. The van der Waals surface area contributed by atoms with Crippen LogP contribution >= 0.6 is 0 Å². The topological polar surface area (TPSA) is 40.1 Å². The number of hydrogen-bond donors (Lipinski definition) is 1. The third-order valence-electron chi connectivity index (χ3n) is 5.10. The Morgan fingerprint density at radius 2 is 1.83 bits per heavy atom. The number of piperidine rings is 1. The maximum Gasteiger partial charge on any atom is 0.193 e. The van der Waals surface area contributed by atoms with Crippen LogP contribution in [0.1, 0.15) is 40.0 Å². The molecule has 2 saturated heterocycles. The standard InChI is InChI=1S/C18H36N4O/c1-15(2)13-17(21-9-11-23-12-10-21)14-20-18(19-4)22-7-5-16(3)6-8-22/h15-17H,5-14H2,1-4H3,(H,19,20). The Labute approximate surface area is 142 Å². The lowest BCUT2D eigenvalue weighted by atomic mass is 9.99. The number of guanidine groups is 1. The minimum absolute atomic E-state index is 0.569. The molecule has 0 aromatic heterocycles. The summed E-state index contributed by atoms with van der Waals surface area (Å²) in [5.41, 5.74) is 0. The fraction of sp³-hybridized carbons (Fsp3) is 0.944. The maximum absolute atomic E-state index is 5.51. The molecule has 5 heteroatoms. The number of morpholine rings is 1. The van der Waals surface area contributed by atoms with Crippen LogP contribution in [0.2, 0.25) is 0 Å². The average molecular weight is 325 g/mol. The van der Waals surface area contributed by atoms with Gasteiger partial charge in [-0.3, -0.25) is 9.89 Å². The fourth-order valence-electron chi connectivity index (χ4n) is 3.61. The summed E-state index contributed by atoms with van der Waals surface area (Å²) in [6, 6.07) is 0.569. The number of nitrogens with zero attached hydrogens (tertiary/aromatic N) is 3. The Hall–Kier alpha value is -0.810. The number of nitrogens with one attached hydrogen (secondary N) is 1. The molecule has 2 aliphatic heterocycles. The smallest absolute Gasteiger partial charge is 0.193 e. The van der Waals surface area contributed by atoms with Crippen LogP contribution in [0.3, 0.4) is 0 Å². The molecule has 134 valence electrons. The normalized spacial score (nSPS) is 23.3. The van der Waals surface area contributed by atoms with E-state index in [1.807, 2.05) is 7.05 Å². The highest BCUT2D eigenvalue weighted by atomic mass is 16.5. The Balaban J connectivity index is 1.87. The molecule has 23 heavy (non-hydrogen) atoms. The second kappa shape index (κ2) is 9.48. The number of rotatable bonds is 5. The zero-order valence-electron chi connectivity index (χ0n) is 15.6. The molecular weight excluding hydrogens is 288 g/mol. The van der Waals surface area contributed by atoms with Crippen molar-refractivity contribution in [3.05, 3.63) is 0 Å². The minimum atomic E-state index is 0.569. The molecule has 2 rings (SSSR count). The van der Waals surface area contributed by atoms with Crippen LogP contribution in [-0.2, 0) is 4.74 Å². The van der Waals surface area contributed by atoms with E-state index in [4.69, 9.17) is 4.74 Å². The Morgan fingerprint density at radius 1 is 1.17 bits per heavy atom. The lowest BCUT2D eigenvalue weighted by Crippen LogP contribution is -2.52. The number of aliphatic imine (C=N–C) groups is 1. The highest BCUT2D eigenvalue weighted by Crippen LogP contribution is 2.16. The fourth-order valence-corrected chi connectivity index (χ4v) is 3.61. The molecule has 0 radical (unpaired) electrons. The van der Waals surface area contributed by atoms with E-state index in [0.29, 0.717) is 12.0 Å². The van der Waals surface area contributed by atoms with Crippen LogP contribution in [-0.4, -0.2) is 74.8 Å². The lowest BCUT2D eigenvalue weighted by Gasteiger charge is -2.37. The molecule has 0 amide bonds. The molecule has 1 N–H and O–H groups in total. The van der Waals surface area contributed by atoms with Crippen LogP contribution in [0.5, 0.6) is 0 Å². The zero-order chi connectivity index (χ0) is 16.7. The maximum atomic E-state index is 5.51. The van der Waals surface area contributed by atoms with Gasteiger partial charge in [-0.15, -0.1) is 0 Å². The van der Waals surface area contributed by atoms with Gasteiger partial charge in [0.2, 0.25) is 0 Å². The van der Waals surface area contributed by atoms with Gasteiger partial charge >= 0.3 is 0 Å². The Morgan fingerprint density at radius 3 is 2.39 bits per heavy atom. The van der Waals surface area contributed by atoms with Crippen LogP contribution in [0.4, 0.5) is 0 Å². The van der Waals surface area contributed by atoms with Gasteiger partial charge in [-0.25, -0.2) is 0 Å². The molecule has 0 aromatic carbocycles.